The van der Waals surface area contributed by atoms with Crippen molar-refractivity contribution < 1.29 is 14.3 Å². The Labute approximate surface area is 204 Å². The van der Waals surface area contributed by atoms with Crippen LogP contribution in [0, 0.1) is 0 Å². The second kappa shape index (κ2) is 12.9. The van der Waals surface area contributed by atoms with Crippen molar-refractivity contribution in [1.82, 2.24) is 0 Å². The van der Waals surface area contributed by atoms with Gasteiger partial charge in [0.05, 0.1) is 0 Å². The normalized spacial score (nSPS) is 14.1. The van der Waals surface area contributed by atoms with Gasteiger partial charge in [0, 0.05) is 35.6 Å². The molecule has 32 heavy (non-hydrogen) atoms. The van der Waals surface area contributed by atoms with Gasteiger partial charge in [-0.05, 0) is 51.3 Å². The molecule has 1 atom stereocenters. The van der Waals surface area contributed by atoms with E-state index < -0.39 is 0 Å². The molecule has 1 aliphatic carbocycles. The number of para-hydroxylation sites is 2. The first-order chi connectivity index (χ1) is 15.3. The zero-order chi connectivity index (χ0) is 21.3. The van der Waals surface area contributed by atoms with E-state index in [1.807, 2.05) is 78.9 Å². The van der Waals surface area contributed by atoms with Gasteiger partial charge in [0.1, 0.15) is 24.7 Å². The van der Waals surface area contributed by atoms with Crippen LogP contribution >= 0.6 is 8.58 Å². The summed E-state index contributed by atoms with van der Waals surface area (Å²) in [4.78, 5) is 13.5. The SMILES string of the molecule is O=C(PC1CCCCC1)c1c(COc2ccccc2)cccc1COc1ccccc1.[Li]. The van der Waals surface area contributed by atoms with Gasteiger partial charge in [0.2, 0.25) is 0 Å². The van der Waals surface area contributed by atoms with E-state index in [9.17, 15) is 4.79 Å². The van der Waals surface area contributed by atoms with Gasteiger partial charge in [-0.1, -0.05) is 73.9 Å². The van der Waals surface area contributed by atoms with Gasteiger partial charge in [-0.15, -0.1) is 0 Å². The van der Waals surface area contributed by atoms with E-state index in [-0.39, 0.29) is 24.4 Å². The summed E-state index contributed by atoms with van der Waals surface area (Å²) in [6.07, 6.45) is 6.12. The summed E-state index contributed by atoms with van der Waals surface area (Å²) in [7, 11) is 0.317. The number of ether oxygens (including phenoxy) is 2. The van der Waals surface area contributed by atoms with Crippen LogP contribution in [0.25, 0.3) is 0 Å². The fourth-order valence-corrected chi connectivity index (χ4v) is 5.58. The van der Waals surface area contributed by atoms with Crippen LogP contribution in [-0.4, -0.2) is 30.0 Å². The molecule has 0 aliphatic heterocycles. The zero-order valence-corrected chi connectivity index (χ0v) is 19.8. The summed E-state index contributed by atoms with van der Waals surface area (Å²) in [6, 6.07) is 25.5. The Kier molecular flexibility index (Phi) is 9.88. The van der Waals surface area contributed by atoms with Crippen molar-refractivity contribution in [2.75, 3.05) is 0 Å². The molecule has 0 spiro atoms. The van der Waals surface area contributed by atoms with Gasteiger partial charge < -0.3 is 9.47 Å². The minimum Gasteiger partial charge on any atom is -0.489 e. The second-order valence-corrected chi connectivity index (χ2v) is 9.52. The molecule has 3 aromatic carbocycles. The molecule has 4 rings (SSSR count). The van der Waals surface area contributed by atoms with Crippen LogP contribution in [0.4, 0.5) is 0 Å². The van der Waals surface area contributed by atoms with Crippen LogP contribution in [0.3, 0.4) is 0 Å². The maximum absolute atomic E-state index is 13.5. The molecule has 1 saturated carbocycles. The smallest absolute Gasteiger partial charge is 0.182 e. The van der Waals surface area contributed by atoms with E-state index in [1.54, 1.807) is 0 Å². The average molecular weight is 439 g/mol. The molecule has 0 N–H and O–H groups in total. The number of carbonyl (C=O) groups excluding carboxylic acids is 1. The van der Waals surface area contributed by atoms with E-state index in [0.29, 0.717) is 27.5 Å². The Hall–Kier alpha value is -2.04. The maximum atomic E-state index is 13.5. The topological polar surface area (TPSA) is 35.5 Å². The molecule has 1 fully saturated rings. The molecular weight excluding hydrogens is 410 g/mol. The molecular formula is C27H29LiO3P. The zero-order valence-electron chi connectivity index (χ0n) is 18.8. The van der Waals surface area contributed by atoms with Crippen molar-refractivity contribution in [2.45, 2.75) is 51.0 Å². The second-order valence-electron chi connectivity index (χ2n) is 7.96. The Balaban J connectivity index is 0.00000289. The molecule has 0 bridgehead atoms. The van der Waals surface area contributed by atoms with Gasteiger partial charge in [0.15, 0.2) is 5.52 Å². The van der Waals surface area contributed by atoms with Crippen molar-refractivity contribution in [2.24, 2.45) is 0 Å². The van der Waals surface area contributed by atoms with Gasteiger partial charge in [-0.2, -0.15) is 0 Å². The Bertz CT molecular complexity index is 911. The van der Waals surface area contributed by atoms with Crippen LogP contribution < -0.4 is 9.47 Å². The molecule has 1 radical (unpaired) electrons. The fraction of sp³-hybridized carbons (Fsp3) is 0.296. The van der Waals surface area contributed by atoms with E-state index in [0.717, 1.165) is 28.2 Å². The van der Waals surface area contributed by atoms with Crippen LogP contribution in [0.15, 0.2) is 78.9 Å². The monoisotopic (exact) mass is 439 g/mol. The largest absolute Gasteiger partial charge is 0.489 e. The predicted molar refractivity (Wildman–Crippen MR) is 133 cm³/mol. The standard InChI is InChI=1S/C27H29O3P.Li/c28-27(31-25-17-8-3-9-18-25)26-21(19-29-23-13-4-1-5-14-23)11-10-12-22(26)20-30-24-15-6-2-7-16-24;/h1-2,4-7,10-16,25,31H,3,8-9,17-20H2;. The Morgan fingerprint density at radius 3 is 1.72 bits per heavy atom. The van der Waals surface area contributed by atoms with Crippen LogP contribution in [0.5, 0.6) is 11.5 Å². The Morgan fingerprint density at radius 1 is 0.719 bits per heavy atom. The van der Waals surface area contributed by atoms with Crippen LogP contribution in [0.2, 0.25) is 0 Å². The number of hydrogen-bond donors (Lipinski definition) is 0. The molecule has 0 amide bonds. The first kappa shape index (κ1) is 24.6. The van der Waals surface area contributed by atoms with E-state index in [1.165, 1.54) is 32.1 Å². The molecule has 0 heterocycles. The summed E-state index contributed by atoms with van der Waals surface area (Å²) < 4.78 is 12.0. The molecule has 1 unspecified atom stereocenters. The summed E-state index contributed by atoms with van der Waals surface area (Å²) in [5.74, 6) is 1.61. The van der Waals surface area contributed by atoms with Crippen molar-refractivity contribution in [3.05, 3.63) is 95.6 Å². The molecule has 3 aromatic rings. The minimum absolute atomic E-state index is 0. The summed E-state index contributed by atoms with van der Waals surface area (Å²) in [5.41, 5.74) is 3.42. The first-order valence-electron chi connectivity index (χ1n) is 11.1. The quantitative estimate of drug-likeness (QED) is 0.278. The Morgan fingerprint density at radius 2 is 1.22 bits per heavy atom. The van der Waals surface area contributed by atoms with Crippen LogP contribution in [-0.2, 0) is 13.2 Å². The molecule has 5 heteroatoms. The van der Waals surface area contributed by atoms with Gasteiger partial charge in [0.25, 0.3) is 0 Å². The molecule has 0 saturated heterocycles. The van der Waals surface area contributed by atoms with Crippen molar-refractivity contribution >= 4 is 33.0 Å². The first-order valence-corrected chi connectivity index (χ1v) is 12.1. The summed E-state index contributed by atoms with van der Waals surface area (Å²) in [6.45, 7) is 0.749. The van der Waals surface area contributed by atoms with Crippen molar-refractivity contribution in [3.63, 3.8) is 0 Å². The minimum atomic E-state index is 0. The van der Waals surface area contributed by atoms with Gasteiger partial charge >= 0.3 is 0 Å². The summed E-state index contributed by atoms with van der Waals surface area (Å²) >= 11 is 0. The van der Waals surface area contributed by atoms with Gasteiger partial charge in [-0.25, -0.2) is 0 Å². The predicted octanol–water partition coefficient (Wildman–Crippen LogP) is 6.62. The number of benzene rings is 3. The molecule has 0 aromatic heterocycles. The summed E-state index contributed by atoms with van der Waals surface area (Å²) in [5, 5.41) is 0. The van der Waals surface area contributed by atoms with E-state index >= 15 is 0 Å². The number of rotatable bonds is 9. The number of carbonyl (C=O) groups is 1. The van der Waals surface area contributed by atoms with Crippen LogP contribution in [0.1, 0.15) is 53.6 Å². The van der Waals surface area contributed by atoms with Gasteiger partial charge in [-0.3, -0.25) is 4.79 Å². The maximum Gasteiger partial charge on any atom is 0.182 e. The van der Waals surface area contributed by atoms with E-state index in [2.05, 4.69) is 0 Å². The van der Waals surface area contributed by atoms with Crippen molar-refractivity contribution in [1.29, 1.82) is 0 Å². The molecule has 3 nitrogen and oxygen atoms in total. The third-order valence-electron chi connectivity index (χ3n) is 5.68. The average Bonchev–Trinajstić information content (AvgIpc) is 2.83. The molecule has 1 aliphatic rings. The fourth-order valence-electron chi connectivity index (χ4n) is 4.05. The van der Waals surface area contributed by atoms with Crippen molar-refractivity contribution in [3.8, 4) is 11.5 Å². The number of hydrogen-bond acceptors (Lipinski definition) is 3. The molecule has 161 valence electrons. The van der Waals surface area contributed by atoms with E-state index in [4.69, 9.17) is 9.47 Å². The third-order valence-corrected chi connectivity index (χ3v) is 7.18. The third kappa shape index (κ3) is 6.98.